The summed E-state index contributed by atoms with van der Waals surface area (Å²) < 4.78 is 28.3. The van der Waals surface area contributed by atoms with Crippen molar-refractivity contribution in [3.8, 4) is 0 Å². The van der Waals surface area contributed by atoms with E-state index in [0.717, 1.165) is 12.1 Å². The largest absolute Gasteiger partial charge is 0.354 e. The number of amides is 1. The molecule has 0 aliphatic carbocycles. The lowest BCUT2D eigenvalue weighted by Gasteiger charge is -2.33. The van der Waals surface area contributed by atoms with E-state index < -0.39 is 20.9 Å². The van der Waals surface area contributed by atoms with E-state index >= 15 is 0 Å². The molecule has 1 amide bonds. The van der Waals surface area contributed by atoms with Gasteiger partial charge in [0.25, 0.3) is 17.2 Å². The molecule has 1 aliphatic heterocycles. The number of nitrogens with zero attached hydrogens (tertiary/aromatic N) is 5. The third kappa shape index (κ3) is 4.40. The summed E-state index contributed by atoms with van der Waals surface area (Å²) in [5, 5.41) is 18.4. The molecule has 13 heteroatoms. The number of rotatable bonds is 6. The van der Waals surface area contributed by atoms with Crippen molar-refractivity contribution in [2.75, 3.05) is 33.2 Å². The molecule has 2 heterocycles. The number of nitrogens with one attached hydrogen (secondary N) is 1. The lowest BCUT2D eigenvalue weighted by Crippen LogP contribution is -2.50. The van der Waals surface area contributed by atoms with Crippen LogP contribution in [0.4, 0.5) is 5.69 Å². The van der Waals surface area contributed by atoms with Gasteiger partial charge in [0.2, 0.25) is 10.0 Å². The van der Waals surface area contributed by atoms with Gasteiger partial charge in [-0.3, -0.25) is 24.6 Å². The minimum Gasteiger partial charge on any atom is -0.354 e. The number of piperazine rings is 1. The molecule has 0 radical (unpaired) electrons. The fourth-order valence-corrected chi connectivity index (χ4v) is 5.23. The number of carbonyl (C=O) groups excluding carboxylic acids is 1. The fourth-order valence-electron chi connectivity index (χ4n) is 3.81. The van der Waals surface area contributed by atoms with Crippen molar-refractivity contribution in [3.63, 3.8) is 0 Å². The van der Waals surface area contributed by atoms with Gasteiger partial charge in [-0.25, -0.2) is 13.1 Å². The second kappa shape index (κ2) is 9.29. The molecule has 0 atom stereocenters. The van der Waals surface area contributed by atoms with E-state index in [-0.39, 0.29) is 41.6 Å². The smallest absolute Gasteiger partial charge is 0.275 e. The van der Waals surface area contributed by atoms with Gasteiger partial charge in [0.15, 0.2) is 5.69 Å². The monoisotopic (exact) mass is 486 g/mol. The maximum Gasteiger partial charge on any atom is 0.275 e. The zero-order chi connectivity index (χ0) is 24.5. The van der Waals surface area contributed by atoms with Crippen molar-refractivity contribution in [3.05, 3.63) is 74.7 Å². The molecule has 4 rings (SSSR count). The van der Waals surface area contributed by atoms with Crippen LogP contribution in [0, 0.1) is 10.1 Å². The number of sulfonamides is 1. The number of nitro benzene ring substituents is 1. The van der Waals surface area contributed by atoms with Crippen LogP contribution in [-0.2, 0) is 16.7 Å². The van der Waals surface area contributed by atoms with E-state index in [2.05, 4.69) is 10.4 Å². The number of nitro groups is 1. The molecule has 1 aliphatic rings. The van der Waals surface area contributed by atoms with E-state index in [1.165, 1.54) is 28.2 Å². The average molecular weight is 487 g/mol. The van der Waals surface area contributed by atoms with Crippen LogP contribution < -0.4 is 10.9 Å². The number of non-ortho nitro benzene ring substituents is 1. The third-order valence-electron chi connectivity index (χ3n) is 5.66. The van der Waals surface area contributed by atoms with Gasteiger partial charge in [-0.15, -0.1) is 0 Å². The van der Waals surface area contributed by atoms with Crippen molar-refractivity contribution < 1.29 is 18.1 Å². The first-order valence-electron chi connectivity index (χ1n) is 10.4. The Morgan fingerprint density at radius 2 is 1.68 bits per heavy atom. The highest BCUT2D eigenvalue weighted by molar-refractivity contribution is 7.89. The van der Waals surface area contributed by atoms with Crippen molar-refractivity contribution in [2.24, 2.45) is 0 Å². The van der Waals surface area contributed by atoms with Gasteiger partial charge < -0.3 is 5.32 Å². The zero-order valence-corrected chi connectivity index (χ0v) is 19.1. The van der Waals surface area contributed by atoms with Gasteiger partial charge in [-0.2, -0.15) is 9.40 Å². The Morgan fingerprint density at radius 1 is 1.06 bits per heavy atom. The van der Waals surface area contributed by atoms with Gasteiger partial charge in [0, 0.05) is 50.7 Å². The predicted octanol–water partition coefficient (Wildman–Crippen LogP) is 0.628. The Kier molecular flexibility index (Phi) is 6.41. The van der Waals surface area contributed by atoms with Gasteiger partial charge in [0.1, 0.15) is 0 Å². The SMILES string of the molecule is CNC(=O)c1nn(CN2CCN(S(=O)(=O)c3ccc([N+](=O)[O-])cc3)CC2)c(=O)c2ccccc12. The summed E-state index contributed by atoms with van der Waals surface area (Å²) in [5.74, 6) is -0.413. The summed E-state index contributed by atoms with van der Waals surface area (Å²) in [5.41, 5.74) is -0.394. The molecule has 0 unspecified atom stereocenters. The first-order valence-corrected chi connectivity index (χ1v) is 11.9. The van der Waals surface area contributed by atoms with Crippen molar-refractivity contribution in [2.45, 2.75) is 11.6 Å². The van der Waals surface area contributed by atoms with E-state index in [0.29, 0.717) is 23.9 Å². The normalized spacial score (nSPS) is 15.3. The van der Waals surface area contributed by atoms with Crippen molar-refractivity contribution in [1.29, 1.82) is 0 Å². The third-order valence-corrected chi connectivity index (χ3v) is 7.57. The van der Waals surface area contributed by atoms with Gasteiger partial charge in [-0.1, -0.05) is 18.2 Å². The Bertz CT molecular complexity index is 1410. The summed E-state index contributed by atoms with van der Waals surface area (Å²) in [6, 6.07) is 11.5. The van der Waals surface area contributed by atoms with Crippen LogP contribution in [0.1, 0.15) is 10.5 Å². The lowest BCUT2D eigenvalue weighted by atomic mass is 10.1. The minimum atomic E-state index is -3.81. The molecular formula is C21H22N6O6S. The molecule has 34 heavy (non-hydrogen) atoms. The molecule has 1 fully saturated rings. The molecule has 1 aromatic heterocycles. The number of fused-ring (bicyclic) bond motifs is 1. The van der Waals surface area contributed by atoms with E-state index in [1.807, 2.05) is 4.90 Å². The number of carbonyl (C=O) groups is 1. The molecule has 1 saturated heterocycles. The molecule has 2 aromatic carbocycles. The van der Waals surface area contributed by atoms with Crippen LogP contribution in [0.2, 0.25) is 0 Å². The molecule has 178 valence electrons. The highest BCUT2D eigenvalue weighted by Gasteiger charge is 2.29. The predicted molar refractivity (Wildman–Crippen MR) is 123 cm³/mol. The Balaban J connectivity index is 1.51. The van der Waals surface area contributed by atoms with E-state index in [4.69, 9.17) is 0 Å². The summed E-state index contributed by atoms with van der Waals surface area (Å²) in [6.45, 7) is 1.11. The van der Waals surface area contributed by atoms with Crippen LogP contribution >= 0.6 is 0 Å². The first-order chi connectivity index (χ1) is 16.2. The summed E-state index contributed by atoms with van der Waals surface area (Å²) in [6.07, 6.45) is 0. The summed E-state index contributed by atoms with van der Waals surface area (Å²) in [4.78, 5) is 37.3. The maximum atomic E-state index is 12.9. The summed E-state index contributed by atoms with van der Waals surface area (Å²) in [7, 11) is -2.33. The van der Waals surface area contributed by atoms with Crippen LogP contribution in [0.5, 0.6) is 0 Å². The Labute approximate surface area is 194 Å². The first kappa shape index (κ1) is 23.5. The average Bonchev–Trinajstić information content (AvgIpc) is 2.85. The molecule has 0 saturated carbocycles. The van der Waals surface area contributed by atoms with Gasteiger partial charge >= 0.3 is 0 Å². The Morgan fingerprint density at radius 3 is 2.26 bits per heavy atom. The second-order valence-corrected chi connectivity index (χ2v) is 9.63. The highest BCUT2D eigenvalue weighted by atomic mass is 32.2. The lowest BCUT2D eigenvalue weighted by molar-refractivity contribution is -0.384. The topological polar surface area (TPSA) is 148 Å². The van der Waals surface area contributed by atoms with Crippen LogP contribution in [0.15, 0.2) is 58.2 Å². The minimum absolute atomic E-state index is 0.0193. The molecule has 0 bridgehead atoms. The quantitative estimate of drug-likeness (QED) is 0.394. The van der Waals surface area contributed by atoms with E-state index in [9.17, 15) is 28.1 Å². The van der Waals surface area contributed by atoms with Gasteiger partial charge in [0.05, 0.1) is 21.9 Å². The highest BCUT2D eigenvalue weighted by Crippen LogP contribution is 2.21. The molecule has 3 aromatic rings. The number of benzene rings is 2. The van der Waals surface area contributed by atoms with E-state index in [1.54, 1.807) is 24.3 Å². The molecule has 1 N–H and O–H groups in total. The van der Waals surface area contributed by atoms with Crippen LogP contribution in [0.3, 0.4) is 0 Å². The number of hydrogen-bond acceptors (Lipinski definition) is 8. The molecule has 0 spiro atoms. The number of aromatic nitrogens is 2. The second-order valence-electron chi connectivity index (χ2n) is 7.69. The van der Waals surface area contributed by atoms with Crippen molar-refractivity contribution >= 4 is 32.4 Å². The summed E-state index contributed by atoms with van der Waals surface area (Å²) >= 11 is 0. The van der Waals surface area contributed by atoms with Gasteiger partial charge in [-0.05, 0) is 18.2 Å². The molecule has 12 nitrogen and oxygen atoms in total. The van der Waals surface area contributed by atoms with Crippen LogP contribution in [-0.4, -0.2) is 71.5 Å². The Hall–Kier alpha value is -3.68. The fraction of sp³-hybridized carbons (Fsp3) is 0.286. The molecular weight excluding hydrogens is 464 g/mol. The van der Waals surface area contributed by atoms with Crippen molar-refractivity contribution in [1.82, 2.24) is 24.3 Å². The standard InChI is InChI=1S/C21H22N6O6S/c1-22-20(28)19-17-4-2-3-5-18(17)21(29)26(23-19)14-24-10-12-25(13-11-24)34(32,33)16-8-6-15(7-9-16)27(30)31/h2-9H,10-14H2,1H3,(H,22,28). The number of hydrogen-bond donors (Lipinski definition) is 1. The maximum absolute atomic E-state index is 12.9. The van der Waals surface area contributed by atoms with Crippen LogP contribution in [0.25, 0.3) is 10.8 Å². The zero-order valence-electron chi connectivity index (χ0n) is 18.2.